The molecule has 20 heavy (non-hydrogen) atoms. The third-order valence-corrected chi connectivity index (χ3v) is 5.22. The topological polar surface area (TPSA) is 79.9 Å². The zero-order valence-electron chi connectivity index (χ0n) is 10.7. The lowest BCUT2D eigenvalue weighted by Crippen LogP contribution is -2.15. The third kappa shape index (κ3) is 2.65. The first-order valence-electron chi connectivity index (χ1n) is 6.41. The van der Waals surface area contributed by atoms with Crippen LogP contribution in [-0.4, -0.2) is 29.9 Å². The van der Waals surface area contributed by atoms with E-state index in [9.17, 15) is 13.2 Å². The summed E-state index contributed by atoms with van der Waals surface area (Å²) in [5.41, 5.74) is 1.17. The summed E-state index contributed by atoms with van der Waals surface area (Å²) in [6.45, 7) is 0. The molecule has 0 radical (unpaired) electrons. The molecule has 1 saturated heterocycles. The maximum absolute atomic E-state index is 11.8. The first kappa shape index (κ1) is 13.1. The summed E-state index contributed by atoms with van der Waals surface area (Å²) in [5, 5.41) is 0. The average molecular weight is 290 g/mol. The predicted molar refractivity (Wildman–Crippen MR) is 76.3 cm³/mol. The fourth-order valence-electron chi connectivity index (χ4n) is 2.44. The normalized spacial score (nSPS) is 20.9. The van der Waals surface area contributed by atoms with Crippen LogP contribution in [0, 0.1) is 0 Å². The van der Waals surface area contributed by atoms with Gasteiger partial charge < -0.3 is 4.98 Å². The lowest BCUT2D eigenvalue weighted by molar-refractivity contribution is 0.601. The Morgan fingerprint density at radius 1 is 1.20 bits per heavy atom. The quantitative estimate of drug-likeness (QED) is 0.905. The SMILES string of the molecule is O=c1cc(-c2ccccc2)nc(C2CCS(=O)(=O)C2)[nH]1. The molecule has 0 amide bonds. The van der Waals surface area contributed by atoms with Crippen molar-refractivity contribution in [1.29, 1.82) is 0 Å². The number of H-pyrrole nitrogens is 1. The molecule has 104 valence electrons. The number of hydrogen-bond donors (Lipinski definition) is 1. The van der Waals surface area contributed by atoms with E-state index in [2.05, 4.69) is 9.97 Å². The number of nitrogens with one attached hydrogen (secondary N) is 1. The molecule has 5 nitrogen and oxygen atoms in total. The summed E-state index contributed by atoms with van der Waals surface area (Å²) in [7, 11) is -3.00. The second-order valence-electron chi connectivity index (χ2n) is 4.98. The lowest BCUT2D eigenvalue weighted by Gasteiger charge is -2.08. The van der Waals surface area contributed by atoms with Crippen LogP contribution in [0.1, 0.15) is 18.2 Å². The van der Waals surface area contributed by atoms with Crippen molar-refractivity contribution >= 4 is 9.84 Å². The molecule has 1 unspecified atom stereocenters. The number of sulfone groups is 1. The van der Waals surface area contributed by atoms with Gasteiger partial charge in [0.15, 0.2) is 9.84 Å². The van der Waals surface area contributed by atoms with Crippen molar-refractivity contribution < 1.29 is 8.42 Å². The summed E-state index contributed by atoms with van der Waals surface area (Å²) in [6, 6.07) is 10.8. The van der Waals surface area contributed by atoms with E-state index in [1.807, 2.05) is 30.3 Å². The van der Waals surface area contributed by atoms with Crippen LogP contribution < -0.4 is 5.56 Å². The highest BCUT2D eigenvalue weighted by atomic mass is 32.2. The Bertz CT molecular complexity index is 782. The maximum atomic E-state index is 11.8. The highest BCUT2D eigenvalue weighted by Crippen LogP contribution is 2.27. The lowest BCUT2D eigenvalue weighted by atomic mass is 10.1. The Morgan fingerprint density at radius 2 is 1.95 bits per heavy atom. The van der Waals surface area contributed by atoms with Crippen LogP contribution in [0.15, 0.2) is 41.2 Å². The van der Waals surface area contributed by atoms with Crippen LogP contribution in [0.4, 0.5) is 0 Å². The van der Waals surface area contributed by atoms with Crippen LogP contribution in [-0.2, 0) is 9.84 Å². The fraction of sp³-hybridized carbons (Fsp3) is 0.286. The summed E-state index contributed by atoms with van der Waals surface area (Å²) >= 11 is 0. The van der Waals surface area contributed by atoms with Gasteiger partial charge in [0.05, 0.1) is 17.2 Å². The first-order chi connectivity index (χ1) is 9.53. The molecule has 0 aliphatic carbocycles. The minimum atomic E-state index is -3.00. The Morgan fingerprint density at radius 3 is 2.60 bits per heavy atom. The largest absolute Gasteiger partial charge is 0.310 e. The number of rotatable bonds is 2. The van der Waals surface area contributed by atoms with Gasteiger partial charge in [0.1, 0.15) is 5.82 Å². The zero-order chi connectivity index (χ0) is 14.2. The molecule has 2 aromatic rings. The molecular weight excluding hydrogens is 276 g/mol. The monoisotopic (exact) mass is 290 g/mol. The molecule has 1 atom stereocenters. The molecule has 0 spiro atoms. The minimum absolute atomic E-state index is 0.0637. The van der Waals surface area contributed by atoms with E-state index in [1.54, 1.807) is 0 Å². The number of nitrogens with zero attached hydrogens (tertiary/aromatic N) is 1. The Labute approximate surface area is 116 Å². The minimum Gasteiger partial charge on any atom is -0.310 e. The van der Waals surface area contributed by atoms with Gasteiger partial charge in [-0.05, 0) is 6.42 Å². The van der Waals surface area contributed by atoms with Gasteiger partial charge in [0, 0.05) is 17.5 Å². The van der Waals surface area contributed by atoms with Gasteiger partial charge in [0.2, 0.25) is 0 Å². The van der Waals surface area contributed by atoms with E-state index in [0.29, 0.717) is 17.9 Å². The van der Waals surface area contributed by atoms with E-state index in [1.165, 1.54) is 6.07 Å². The second kappa shape index (κ2) is 4.86. The number of aromatic nitrogens is 2. The second-order valence-corrected chi connectivity index (χ2v) is 7.21. The van der Waals surface area contributed by atoms with Gasteiger partial charge in [-0.3, -0.25) is 4.79 Å². The van der Waals surface area contributed by atoms with Crippen molar-refractivity contribution in [3.63, 3.8) is 0 Å². The summed E-state index contributed by atoms with van der Waals surface area (Å²) in [6.07, 6.45) is 0.517. The van der Waals surface area contributed by atoms with Gasteiger partial charge in [-0.2, -0.15) is 0 Å². The fourth-order valence-corrected chi connectivity index (χ4v) is 4.19. The van der Waals surface area contributed by atoms with E-state index in [4.69, 9.17) is 0 Å². The molecule has 0 bridgehead atoms. The van der Waals surface area contributed by atoms with Crippen molar-refractivity contribution in [3.05, 3.63) is 52.6 Å². The molecule has 6 heteroatoms. The van der Waals surface area contributed by atoms with Gasteiger partial charge in [0.25, 0.3) is 5.56 Å². The molecule has 2 heterocycles. The van der Waals surface area contributed by atoms with Gasteiger partial charge in [-0.15, -0.1) is 0 Å². The molecule has 3 rings (SSSR count). The summed E-state index contributed by atoms with van der Waals surface area (Å²) in [5.74, 6) is 0.485. The molecule has 1 fully saturated rings. The Kier molecular flexibility index (Phi) is 3.17. The zero-order valence-corrected chi connectivity index (χ0v) is 11.6. The number of aromatic amines is 1. The van der Waals surface area contributed by atoms with Gasteiger partial charge in [-0.25, -0.2) is 13.4 Å². The maximum Gasteiger partial charge on any atom is 0.251 e. The molecule has 1 N–H and O–H groups in total. The average Bonchev–Trinajstić information content (AvgIpc) is 2.79. The van der Waals surface area contributed by atoms with Crippen LogP contribution in [0.25, 0.3) is 11.3 Å². The molecular formula is C14H14N2O3S. The van der Waals surface area contributed by atoms with Crippen LogP contribution in [0.3, 0.4) is 0 Å². The van der Waals surface area contributed by atoms with E-state index < -0.39 is 9.84 Å². The highest BCUT2D eigenvalue weighted by Gasteiger charge is 2.30. The van der Waals surface area contributed by atoms with Crippen LogP contribution in [0.2, 0.25) is 0 Å². The smallest absolute Gasteiger partial charge is 0.251 e. The predicted octanol–water partition coefficient (Wildman–Crippen LogP) is 1.34. The first-order valence-corrected chi connectivity index (χ1v) is 8.23. The van der Waals surface area contributed by atoms with Crippen molar-refractivity contribution in [3.8, 4) is 11.3 Å². The highest BCUT2D eigenvalue weighted by molar-refractivity contribution is 7.91. The molecule has 1 aliphatic rings. The molecule has 1 aromatic carbocycles. The number of benzene rings is 1. The standard InChI is InChI=1S/C14H14N2O3S/c17-13-8-12(10-4-2-1-3-5-10)15-14(16-13)11-6-7-20(18,19)9-11/h1-5,8,11H,6-7,9H2,(H,15,16,17). The Balaban J connectivity index is 2.02. The molecule has 1 aliphatic heterocycles. The van der Waals surface area contributed by atoms with E-state index in [0.717, 1.165) is 5.56 Å². The molecule has 1 aromatic heterocycles. The van der Waals surface area contributed by atoms with Crippen LogP contribution >= 0.6 is 0 Å². The van der Waals surface area contributed by atoms with E-state index in [-0.39, 0.29) is 23.0 Å². The summed E-state index contributed by atoms with van der Waals surface area (Å²) in [4.78, 5) is 18.9. The Hall–Kier alpha value is -1.95. The van der Waals surface area contributed by atoms with Crippen LogP contribution in [0.5, 0.6) is 0 Å². The van der Waals surface area contributed by atoms with Crippen molar-refractivity contribution in [2.75, 3.05) is 11.5 Å². The summed E-state index contributed by atoms with van der Waals surface area (Å²) < 4.78 is 23.1. The number of hydrogen-bond acceptors (Lipinski definition) is 4. The van der Waals surface area contributed by atoms with Crippen molar-refractivity contribution in [2.45, 2.75) is 12.3 Å². The van der Waals surface area contributed by atoms with Crippen molar-refractivity contribution in [1.82, 2.24) is 9.97 Å². The van der Waals surface area contributed by atoms with Gasteiger partial charge >= 0.3 is 0 Å². The van der Waals surface area contributed by atoms with E-state index >= 15 is 0 Å². The van der Waals surface area contributed by atoms with Gasteiger partial charge in [-0.1, -0.05) is 30.3 Å². The van der Waals surface area contributed by atoms with Crippen molar-refractivity contribution in [2.24, 2.45) is 0 Å². The third-order valence-electron chi connectivity index (χ3n) is 3.45. The molecule has 0 saturated carbocycles.